The molecular weight excluding hydrogens is 300 g/mol. The van der Waals surface area contributed by atoms with Crippen molar-refractivity contribution in [1.29, 1.82) is 0 Å². The summed E-state index contributed by atoms with van der Waals surface area (Å²) in [5.41, 5.74) is 1.46. The van der Waals surface area contributed by atoms with Crippen LogP contribution in [0, 0.1) is 0 Å². The molecule has 2 aromatic heterocycles. The standard InChI is InChI=1S/C16H21ClN4O/c1-3-20(4-2)12-10-18-15(22)9-8-13-16(17)19-14-7-5-6-11-21(13)14/h5-9,11H,3-4,10,12H2,1-2H3,(H,18,22)/b9-8+. The van der Waals surface area contributed by atoms with E-state index < -0.39 is 0 Å². The summed E-state index contributed by atoms with van der Waals surface area (Å²) in [7, 11) is 0. The van der Waals surface area contributed by atoms with E-state index in [1.807, 2.05) is 28.8 Å². The highest BCUT2D eigenvalue weighted by Crippen LogP contribution is 2.18. The van der Waals surface area contributed by atoms with Crippen LogP contribution in [0.5, 0.6) is 0 Å². The van der Waals surface area contributed by atoms with Crippen molar-refractivity contribution in [2.45, 2.75) is 13.8 Å². The number of rotatable bonds is 7. The van der Waals surface area contributed by atoms with Gasteiger partial charge >= 0.3 is 0 Å². The molecule has 6 heteroatoms. The highest BCUT2D eigenvalue weighted by atomic mass is 35.5. The molecule has 0 aliphatic heterocycles. The van der Waals surface area contributed by atoms with Gasteiger partial charge in [-0.2, -0.15) is 0 Å². The summed E-state index contributed by atoms with van der Waals surface area (Å²) in [6.45, 7) is 7.67. The fourth-order valence-electron chi connectivity index (χ4n) is 2.23. The molecule has 0 saturated carbocycles. The molecule has 0 aliphatic rings. The summed E-state index contributed by atoms with van der Waals surface area (Å²) in [5, 5.41) is 3.26. The number of aromatic nitrogens is 2. The zero-order valence-corrected chi connectivity index (χ0v) is 13.7. The van der Waals surface area contributed by atoms with Gasteiger partial charge in [-0.15, -0.1) is 0 Å². The molecule has 0 unspecified atom stereocenters. The second-order valence-electron chi connectivity index (χ2n) is 4.87. The van der Waals surface area contributed by atoms with Crippen LogP contribution in [0.25, 0.3) is 11.7 Å². The van der Waals surface area contributed by atoms with Gasteiger partial charge in [0.1, 0.15) is 5.65 Å². The first-order valence-corrected chi connectivity index (χ1v) is 7.84. The van der Waals surface area contributed by atoms with Gasteiger partial charge < -0.3 is 10.2 Å². The molecule has 0 radical (unpaired) electrons. The molecule has 22 heavy (non-hydrogen) atoms. The van der Waals surface area contributed by atoms with Crippen molar-refractivity contribution in [3.8, 4) is 0 Å². The molecule has 0 spiro atoms. The molecule has 2 rings (SSSR count). The number of carbonyl (C=O) groups is 1. The van der Waals surface area contributed by atoms with Crippen LogP contribution in [-0.2, 0) is 4.79 Å². The van der Waals surface area contributed by atoms with E-state index in [1.165, 1.54) is 6.08 Å². The van der Waals surface area contributed by atoms with Gasteiger partial charge in [-0.25, -0.2) is 4.98 Å². The number of amides is 1. The number of nitrogens with zero attached hydrogens (tertiary/aromatic N) is 3. The molecule has 0 atom stereocenters. The molecular formula is C16H21ClN4O. The molecule has 5 nitrogen and oxygen atoms in total. The van der Waals surface area contributed by atoms with E-state index >= 15 is 0 Å². The van der Waals surface area contributed by atoms with Gasteiger partial charge in [0.2, 0.25) is 5.91 Å². The summed E-state index contributed by atoms with van der Waals surface area (Å²) in [6, 6.07) is 5.66. The largest absolute Gasteiger partial charge is 0.351 e. The lowest BCUT2D eigenvalue weighted by Crippen LogP contribution is -2.34. The van der Waals surface area contributed by atoms with Crippen molar-refractivity contribution in [2.75, 3.05) is 26.2 Å². The van der Waals surface area contributed by atoms with E-state index in [0.717, 1.165) is 25.3 Å². The molecule has 1 amide bonds. The lowest BCUT2D eigenvalue weighted by atomic mass is 10.3. The summed E-state index contributed by atoms with van der Waals surface area (Å²) in [6.07, 6.45) is 5.05. The van der Waals surface area contributed by atoms with Crippen LogP contribution in [0.2, 0.25) is 5.15 Å². The average molecular weight is 321 g/mol. The van der Waals surface area contributed by atoms with Gasteiger partial charge in [0.05, 0.1) is 5.69 Å². The third-order valence-corrected chi connectivity index (χ3v) is 3.81. The highest BCUT2D eigenvalue weighted by molar-refractivity contribution is 6.31. The second-order valence-corrected chi connectivity index (χ2v) is 5.23. The third kappa shape index (κ3) is 4.08. The maximum absolute atomic E-state index is 11.9. The fraction of sp³-hybridized carbons (Fsp3) is 0.375. The Morgan fingerprint density at radius 2 is 2.18 bits per heavy atom. The van der Waals surface area contributed by atoms with Crippen LogP contribution in [0.4, 0.5) is 0 Å². The van der Waals surface area contributed by atoms with E-state index in [2.05, 4.69) is 29.0 Å². The molecule has 0 fully saturated rings. The summed E-state index contributed by atoms with van der Waals surface area (Å²) < 4.78 is 1.85. The van der Waals surface area contributed by atoms with E-state index in [4.69, 9.17) is 11.6 Å². The smallest absolute Gasteiger partial charge is 0.244 e. The van der Waals surface area contributed by atoms with Crippen LogP contribution in [0.3, 0.4) is 0 Å². The lowest BCUT2D eigenvalue weighted by Gasteiger charge is -2.17. The minimum Gasteiger partial charge on any atom is -0.351 e. The first kappa shape index (κ1) is 16.5. The van der Waals surface area contributed by atoms with E-state index in [0.29, 0.717) is 17.4 Å². The second kappa shape index (κ2) is 7.96. The third-order valence-electron chi connectivity index (χ3n) is 3.54. The normalized spacial score (nSPS) is 11.6. The average Bonchev–Trinajstić information content (AvgIpc) is 2.85. The number of hydrogen-bond acceptors (Lipinski definition) is 3. The molecule has 0 saturated heterocycles. The topological polar surface area (TPSA) is 49.6 Å². The van der Waals surface area contributed by atoms with E-state index in [-0.39, 0.29) is 5.91 Å². The molecule has 1 N–H and O–H groups in total. The number of likely N-dealkylation sites (N-methyl/N-ethyl adjacent to an activating group) is 1. The number of fused-ring (bicyclic) bond motifs is 1. The van der Waals surface area contributed by atoms with E-state index in [1.54, 1.807) is 6.08 Å². The van der Waals surface area contributed by atoms with Gasteiger partial charge in [-0.1, -0.05) is 31.5 Å². The fourth-order valence-corrected chi connectivity index (χ4v) is 2.47. The van der Waals surface area contributed by atoms with Crippen LogP contribution < -0.4 is 5.32 Å². The zero-order chi connectivity index (χ0) is 15.9. The van der Waals surface area contributed by atoms with Crippen molar-refractivity contribution < 1.29 is 4.79 Å². The maximum Gasteiger partial charge on any atom is 0.244 e. The van der Waals surface area contributed by atoms with Crippen LogP contribution in [0.15, 0.2) is 30.5 Å². The van der Waals surface area contributed by atoms with Crippen molar-refractivity contribution in [1.82, 2.24) is 19.6 Å². The van der Waals surface area contributed by atoms with Crippen molar-refractivity contribution in [2.24, 2.45) is 0 Å². The van der Waals surface area contributed by atoms with Crippen molar-refractivity contribution >= 4 is 29.2 Å². The monoisotopic (exact) mass is 320 g/mol. The molecule has 0 aromatic carbocycles. The minimum absolute atomic E-state index is 0.130. The zero-order valence-electron chi connectivity index (χ0n) is 12.9. The Hall–Kier alpha value is -1.85. The number of hydrogen-bond donors (Lipinski definition) is 1. The Labute approximate surface area is 135 Å². The van der Waals surface area contributed by atoms with Crippen LogP contribution >= 0.6 is 11.6 Å². The quantitative estimate of drug-likeness (QED) is 0.797. The summed E-state index contributed by atoms with van der Waals surface area (Å²) >= 11 is 6.11. The van der Waals surface area contributed by atoms with Crippen LogP contribution in [-0.4, -0.2) is 46.4 Å². The number of pyridine rings is 1. The number of halogens is 1. The van der Waals surface area contributed by atoms with Gasteiger partial charge in [0.25, 0.3) is 0 Å². The number of nitrogens with one attached hydrogen (secondary N) is 1. The molecule has 0 bridgehead atoms. The van der Waals surface area contributed by atoms with E-state index in [9.17, 15) is 4.79 Å². The predicted molar refractivity (Wildman–Crippen MR) is 90.0 cm³/mol. The van der Waals surface area contributed by atoms with Crippen LogP contribution in [0.1, 0.15) is 19.5 Å². The molecule has 2 aromatic rings. The van der Waals surface area contributed by atoms with Gasteiger partial charge in [0.15, 0.2) is 5.15 Å². The first-order chi connectivity index (χ1) is 10.7. The predicted octanol–water partition coefficient (Wildman–Crippen LogP) is 2.46. The Morgan fingerprint density at radius 1 is 1.41 bits per heavy atom. The van der Waals surface area contributed by atoms with Gasteiger partial charge in [-0.05, 0) is 31.3 Å². The van der Waals surface area contributed by atoms with Crippen molar-refractivity contribution in [3.05, 3.63) is 41.3 Å². The molecule has 118 valence electrons. The highest BCUT2D eigenvalue weighted by Gasteiger charge is 2.07. The SMILES string of the molecule is CCN(CC)CCNC(=O)/C=C/c1c(Cl)nc2ccccn12. The Bertz CT molecular complexity index is 661. The minimum atomic E-state index is -0.130. The lowest BCUT2D eigenvalue weighted by molar-refractivity contribution is -0.116. The Kier molecular flexibility index (Phi) is 5.98. The Morgan fingerprint density at radius 3 is 2.91 bits per heavy atom. The molecule has 2 heterocycles. The first-order valence-electron chi connectivity index (χ1n) is 7.46. The molecule has 0 aliphatic carbocycles. The summed E-state index contributed by atoms with van der Waals surface area (Å²) in [5.74, 6) is -0.130. The number of imidazole rings is 1. The van der Waals surface area contributed by atoms with Gasteiger partial charge in [-0.3, -0.25) is 9.20 Å². The Balaban J connectivity index is 1.96. The van der Waals surface area contributed by atoms with Gasteiger partial charge in [0, 0.05) is 25.4 Å². The van der Waals surface area contributed by atoms with Crippen molar-refractivity contribution in [3.63, 3.8) is 0 Å². The maximum atomic E-state index is 11.9. The number of carbonyl (C=O) groups excluding carboxylic acids is 1. The summed E-state index contributed by atoms with van der Waals surface area (Å²) in [4.78, 5) is 18.3.